The number of imide groups is 2. The number of aliphatic hydroxyl groups is 2. The molecule has 0 aromatic heterocycles. The third-order valence-electron chi connectivity index (χ3n) is 5.48. The highest BCUT2D eigenvalue weighted by Gasteiger charge is 2.56. The lowest BCUT2D eigenvalue weighted by atomic mass is 9.98. The highest BCUT2D eigenvalue weighted by molar-refractivity contribution is 6.12. The molecule has 2 unspecified atom stereocenters. The van der Waals surface area contributed by atoms with E-state index in [1.54, 1.807) is 0 Å². The zero-order valence-corrected chi connectivity index (χ0v) is 20.0. The van der Waals surface area contributed by atoms with E-state index >= 15 is 0 Å². The molecule has 220 valence electrons. The molecule has 0 radical (unpaired) electrons. The largest absolute Gasteiger partial charge is 0.481 e. The lowest BCUT2D eigenvalue weighted by Crippen LogP contribution is -2.49. The molecule has 0 saturated carbocycles. The first-order chi connectivity index (χ1) is 18.2. The highest BCUT2D eigenvalue weighted by atomic mass is 16.4. The average molecular weight is 578 g/mol. The molecule has 40 heavy (non-hydrogen) atoms. The molecule has 0 bridgehead atoms. The number of aliphatic carboxylic acids is 6. The summed E-state index contributed by atoms with van der Waals surface area (Å²) in [4.78, 5) is 111. The normalized spacial score (nSPS) is 23.8. The summed E-state index contributed by atoms with van der Waals surface area (Å²) in [7, 11) is 0. The van der Waals surface area contributed by atoms with Crippen LogP contribution in [0.4, 0.5) is 0 Å². The fourth-order valence-electron chi connectivity index (χ4n) is 3.81. The van der Waals surface area contributed by atoms with E-state index in [4.69, 9.17) is 30.6 Å². The SMILES string of the molecule is O=C(O)CC(C(=O)O)N1C(=O)C[C@@](O)(CC(=O)O)C1=O.O=C(O)CC(C(=O)O)N1C(=O)C[C@](O)(CC(=O)O)C1=O. The van der Waals surface area contributed by atoms with Crippen LogP contribution in [0.25, 0.3) is 0 Å². The van der Waals surface area contributed by atoms with E-state index in [-0.39, 0.29) is 9.80 Å². The van der Waals surface area contributed by atoms with Gasteiger partial charge in [0.05, 0.1) is 38.5 Å². The van der Waals surface area contributed by atoms with Crippen LogP contribution in [0.3, 0.4) is 0 Å². The summed E-state index contributed by atoms with van der Waals surface area (Å²) in [5.41, 5.74) is -5.09. The molecule has 0 aromatic rings. The van der Waals surface area contributed by atoms with Gasteiger partial charge >= 0.3 is 35.8 Å². The summed E-state index contributed by atoms with van der Waals surface area (Å²) in [6.07, 6.45) is -6.05. The van der Waals surface area contributed by atoms with Crippen LogP contribution in [0.1, 0.15) is 38.5 Å². The molecular weight excluding hydrogens is 556 g/mol. The average Bonchev–Trinajstić information content (AvgIpc) is 3.10. The van der Waals surface area contributed by atoms with Gasteiger partial charge in [0.1, 0.15) is 12.1 Å². The van der Waals surface area contributed by atoms with E-state index in [2.05, 4.69) is 0 Å². The van der Waals surface area contributed by atoms with Crippen LogP contribution in [0, 0.1) is 0 Å². The van der Waals surface area contributed by atoms with E-state index in [0.29, 0.717) is 0 Å². The molecule has 8 N–H and O–H groups in total. The molecule has 2 fully saturated rings. The Labute approximate surface area is 220 Å². The van der Waals surface area contributed by atoms with Gasteiger partial charge in [-0.2, -0.15) is 0 Å². The van der Waals surface area contributed by atoms with Crippen molar-refractivity contribution < 1.29 is 88.8 Å². The van der Waals surface area contributed by atoms with Gasteiger partial charge in [0.25, 0.3) is 11.8 Å². The lowest BCUT2D eigenvalue weighted by molar-refractivity contribution is -0.162. The van der Waals surface area contributed by atoms with Crippen molar-refractivity contribution in [2.75, 3.05) is 0 Å². The Morgan fingerprint density at radius 2 is 0.850 bits per heavy atom. The molecule has 2 saturated heterocycles. The van der Waals surface area contributed by atoms with Crippen molar-refractivity contribution in [2.24, 2.45) is 0 Å². The molecule has 0 aromatic carbocycles. The Hall–Kier alpha value is -4.98. The maximum absolute atomic E-state index is 11.8. The van der Waals surface area contributed by atoms with E-state index < -0.39 is 121 Å². The van der Waals surface area contributed by atoms with Crippen molar-refractivity contribution in [3.63, 3.8) is 0 Å². The van der Waals surface area contributed by atoms with Gasteiger partial charge in [0.2, 0.25) is 11.8 Å². The third-order valence-corrected chi connectivity index (χ3v) is 5.48. The van der Waals surface area contributed by atoms with Crippen molar-refractivity contribution >= 4 is 59.4 Å². The van der Waals surface area contributed by atoms with Crippen LogP contribution < -0.4 is 0 Å². The van der Waals surface area contributed by atoms with Gasteiger partial charge in [-0.05, 0) is 0 Å². The zero-order valence-electron chi connectivity index (χ0n) is 20.0. The van der Waals surface area contributed by atoms with Gasteiger partial charge < -0.3 is 40.9 Å². The van der Waals surface area contributed by atoms with Crippen LogP contribution in [0.15, 0.2) is 0 Å². The van der Waals surface area contributed by atoms with Crippen molar-refractivity contribution in [3.8, 4) is 0 Å². The smallest absolute Gasteiger partial charge is 0.327 e. The van der Waals surface area contributed by atoms with Crippen molar-refractivity contribution in [1.82, 2.24) is 9.80 Å². The molecule has 4 amide bonds. The number of carbonyl (C=O) groups excluding carboxylic acids is 4. The van der Waals surface area contributed by atoms with Crippen molar-refractivity contribution in [2.45, 2.75) is 61.8 Å². The first-order valence-electron chi connectivity index (χ1n) is 10.7. The Bertz CT molecular complexity index is 1090. The molecule has 2 aliphatic heterocycles. The molecule has 0 aliphatic carbocycles. The van der Waals surface area contributed by atoms with Gasteiger partial charge in [-0.15, -0.1) is 0 Å². The zero-order chi connectivity index (χ0) is 31.3. The number of hydrogen-bond donors (Lipinski definition) is 8. The number of carboxylic acids is 6. The molecular formula is C20H22N2O18. The maximum atomic E-state index is 11.8. The number of amides is 4. The molecule has 20 heteroatoms. The van der Waals surface area contributed by atoms with E-state index in [0.717, 1.165) is 0 Å². The van der Waals surface area contributed by atoms with Gasteiger partial charge in [-0.3, -0.25) is 48.2 Å². The first-order valence-corrected chi connectivity index (χ1v) is 10.7. The summed E-state index contributed by atoms with van der Waals surface area (Å²) < 4.78 is 0. The number of carboxylic acid groups (broad SMARTS) is 6. The van der Waals surface area contributed by atoms with Crippen LogP contribution in [-0.4, -0.2) is 133 Å². The minimum Gasteiger partial charge on any atom is -0.481 e. The second-order valence-electron chi connectivity index (χ2n) is 8.60. The maximum Gasteiger partial charge on any atom is 0.327 e. The van der Waals surface area contributed by atoms with Gasteiger partial charge in [0.15, 0.2) is 11.2 Å². The lowest BCUT2D eigenvalue weighted by Gasteiger charge is -2.23. The minimum atomic E-state index is -2.55. The second kappa shape index (κ2) is 12.3. The number of rotatable bonds is 12. The molecule has 0 spiro atoms. The highest BCUT2D eigenvalue weighted by Crippen LogP contribution is 2.31. The van der Waals surface area contributed by atoms with E-state index in [1.807, 2.05) is 0 Å². The number of carbonyl (C=O) groups is 10. The predicted octanol–water partition coefficient (Wildman–Crippen LogP) is -4.24. The molecule has 4 atom stereocenters. The Balaban J connectivity index is 0.000000400. The number of hydrogen-bond acceptors (Lipinski definition) is 12. The Morgan fingerprint density at radius 3 is 1.05 bits per heavy atom. The Morgan fingerprint density at radius 1 is 0.575 bits per heavy atom. The summed E-state index contributed by atoms with van der Waals surface area (Å²) in [6, 6.07) is -3.98. The van der Waals surface area contributed by atoms with Crippen LogP contribution in [0.5, 0.6) is 0 Å². The second-order valence-corrected chi connectivity index (χ2v) is 8.60. The number of likely N-dealkylation sites (tertiary alicyclic amines) is 2. The fraction of sp³-hybridized carbons (Fsp3) is 0.500. The summed E-state index contributed by atoms with van der Waals surface area (Å²) in [5.74, 6) is -14.8. The van der Waals surface area contributed by atoms with Crippen LogP contribution >= 0.6 is 0 Å². The van der Waals surface area contributed by atoms with Crippen molar-refractivity contribution in [1.29, 1.82) is 0 Å². The summed E-state index contributed by atoms with van der Waals surface area (Å²) >= 11 is 0. The topological polar surface area (TPSA) is 339 Å². The first kappa shape index (κ1) is 33.0. The standard InChI is InChI=1S/2C10H11NO9/c2*12-5-2-10(20,3-7(15)16)9(19)11(5)4(8(17)18)1-6(13)14/h2*4,20H,1-3H2,(H,13,14)(H,15,16)(H,17,18)/t2*4?,10-/m10/s1. The predicted molar refractivity (Wildman–Crippen MR) is 115 cm³/mol. The summed E-state index contributed by atoms with van der Waals surface area (Å²) in [5, 5.41) is 71.6. The summed E-state index contributed by atoms with van der Waals surface area (Å²) in [6.45, 7) is 0. The quantitative estimate of drug-likeness (QED) is 0.102. The molecule has 2 heterocycles. The molecule has 2 aliphatic rings. The minimum absolute atomic E-state index is 0.0966. The molecule has 20 nitrogen and oxygen atoms in total. The number of nitrogens with zero attached hydrogens (tertiary/aromatic N) is 2. The van der Waals surface area contributed by atoms with E-state index in [9.17, 15) is 58.2 Å². The van der Waals surface area contributed by atoms with E-state index in [1.165, 1.54) is 0 Å². The van der Waals surface area contributed by atoms with Gasteiger partial charge in [0, 0.05) is 0 Å². The van der Waals surface area contributed by atoms with Gasteiger partial charge in [-0.1, -0.05) is 0 Å². The van der Waals surface area contributed by atoms with Crippen LogP contribution in [0.2, 0.25) is 0 Å². The van der Waals surface area contributed by atoms with Gasteiger partial charge in [-0.25, -0.2) is 9.59 Å². The van der Waals surface area contributed by atoms with Crippen LogP contribution in [-0.2, 0) is 47.9 Å². The Kier molecular flexibility index (Phi) is 10.1. The van der Waals surface area contributed by atoms with Crippen molar-refractivity contribution in [3.05, 3.63) is 0 Å². The third kappa shape index (κ3) is 7.54. The monoisotopic (exact) mass is 578 g/mol. The molecule has 2 rings (SSSR count). The fourth-order valence-corrected chi connectivity index (χ4v) is 3.81.